The van der Waals surface area contributed by atoms with Gasteiger partial charge in [-0.2, -0.15) is 0 Å². The Kier molecular flexibility index (Phi) is 8.63. The highest BCUT2D eigenvalue weighted by molar-refractivity contribution is 6.27. The average molecular weight is 481 g/mol. The zero-order valence-corrected chi connectivity index (χ0v) is 19.6. The summed E-state index contributed by atoms with van der Waals surface area (Å²) in [5, 5.41) is 17.3. The lowest BCUT2D eigenvalue weighted by molar-refractivity contribution is -0.159. The number of ether oxygens (including phenoxy) is 2. The molecule has 9 nitrogen and oxygen atoms in total. The summed E-state index contributed by atoms with van der Waals surface area (Å²) in [7, 11) is 3.17. The molecule has 184 valence electrons. The molecule has 3 aromatic carbocycles. The largest absolute Gasteiger partial charge is 0.493 e. The highest BCUT2D eigenvalue weighted by Gasteiger charge is 2.23. The Hall–Kier alpha value is -4.11. The van der Waals surface area contributed by atoms with Gasteiger partial charge in [-0.3, -0.25) is 9.69 Å². The number of methoxy groups -OCH3 is 2. The number of carboxylic acid groups (broad SMARTS) is 2. The minimum Gasteiger partial charge on any atom is -0.493 e. The number of nitrogens with zero attached hydrogens (tertiary/aromatic N) is 2. The second kappa shape index (κ2) is 11.8. The van der Waals surface area contributed by atoms with Gasteiger partial charge in [0, 0.05) is 38.3 Å². The van der Waals surface area contributed by atoms with Crippen molar-refractivity contribution in [3.63, 3.8) is 0 Å². The molecule has 1 saturated heterocycles. The summed E-state index contributed by atoms with van der Waals surface area (Å²) in [6, 6.07) is 20.4. The molecule has 0 radical (unpaired) electrons. The van der Waals surface area contributed by atoms with E-state index in [0.717, 1.165) is 32.7 Å². The van der Waals surface area contributed by atoms with E-state index in [9.17, 15) is 4.79 Å². The number of aliphatic carboxylic acids is 2. The van der Waals surface area contributed by atoms with Crippen LogP contribution in [-0.2, 0) is 16.1 Å². The van der Waals surface area contributed by atoms with E-state index in [-0.39, 0.29) is 5.91 Å². The van der Waals surface area contributed by atoms with Crippen LogP contribution in [-0.4, -0.2) is 78.3 Å². The molecule has 0 spiro atoms. The SMILES string of the molecule is COc1ccc(C(=O)N2CCN(Cc3ccc4ccccc4c3)CC2)cc1OC.O=C(O)C(=O)O. The smallest absolute Gasteiger partial charge is 0.414 e. The van der Waals surface area contributed by atoms with Crippen molar-refractivity contribution in [2.45, 2.75) is 6.54 Å². The Labute approximate surface area is 203 Å². The lowest BCUT2D eigenvalue weighted by Crippen LogP contribution is -2.48. The van der Waals surface area contributed by atoms with Crippen LogP contribution in [0.3, 0.4) is 0 Å². The summed E-state index contributed by atoms with van der Waals surface area (Å²) >= 11 is 0. The molecule has 0 atom stereocenters. The molecule has 0 unspecified atom stereocenters. The van der Waals surface area contributed by atoms with Gasteiger partial charge in [0.2, 0.25) is 0 Å². The number of amides is 1. The van der Waals surface area contributed by atoms with E-state index in [0.29, 0.717) is 17.1 Å². The molecule has 1 amide bonds. The third kappa shape index (κ3) is 6.70. The number of carbonyl (C=O) groups excluding carboxylic acids is 1. The van der Waals surface area contributed by atoms with Crippen molar-refractivity contribution in [1.29, 1.82) is 0 Å². The summed E-state index contributed by atoms with van der Waals surface area (Å²) in [6.07, 6.45) is 0. The van der Waals surface area contributed by atoms with E-state index >= 15 is 0 Å². The van der Waals surface area contributed by atoms with Crippen LogP contribution in [0.25, 0.3) is 10.8 Å². The van der Waals surface area contributed by atoms with Crippen molar-refractivity contribution in [3.05, 3.63) is 71.8 Å². The van der Waals surface area contributed by atoms with E-state index in [2.05, 4.69) is 47.4 Å². The van der Waals surface area contributed by atoms with Crippen molar-refractivity contribution in [2.24, 2.45) is 0 Å². The molecular weight excluding hydrogens is 452 g/mol. The number of benzene rings is 3. The van der Waals surface area contributed by atoms with Crippen molar-refractivity contribution < 1.29 is 34.1 Å². The van der Waals surface area contributed by atoms with Gasteiger partial charge in [-0.05, 0) is 40.6 Å². The Balaban J connectivity index is 0.000000509. The minimum atomic E-state index is -1.82. The number of rotatable bonds is 5. The van der Waals surface area contributed by atoms with Crippen molar-refractivity contribution in [3.8, 4) is 11.5 Å². The van der Waals surface area contributed by atoms with Gasteiger partial charge in [0.05, 0.1) is 14.2 Å². The molecule has 1 fully saturated rings. The molecule has 9 heteroatoms. The predicted molar refractivity (Wildman–Crippen MR) is 130 cm³/mol. The Morgan fingerprint density at radius 1 is 0.771 bits per heavy atom. The third-order valence-electron chi connectivity index (χ3n) is 5.69. The van der Waals surface area contributed by atoms with Gasteiger partial charge in [0.15, 0.2) is 11.5 Å². The van der Waals surface area contributed by atoms with Crippen LogP contribution in [0.15, 0.2) is 60.7 Å². The van der Waals surface area contributed by atoms with Gasteiger partial charge < -0.3 is 24.6 Å². The molecule has 1 heterocycles. The number of fused-ring (bicyclic) bond motifs is 1. The molecule has 1 aliphatic heterocycles. The van der Waals surface area contributed by atoms with Gasteiger partial charge in [-0.25, -0.2) is 9.59 Å². The van der Waals surface area contributed by atoms with Crippen LogP contribution >= 0.6 is 0 Å². The van der Waals surface area contributed by atoms with Gasteiger partial charge >= 0.3 is 11.9 Å². The molecule has 35 heavy (non-hydrogen) atoms. The summed E-state index contributed by atoms with van der Waals surface area (Å²) in [5.41, 5.74) is 1.94. The zero-order valence-electron chi connectivity index (χ0n) is 19.6. The third-order valence-corrected chi connectivity index (χ3v) is 5.69. The molecule has 0 aliphatic carbocycles. The minimum absolute atomic E-state index is 0.0382. The van der Waals surface area contributed by atoms with Crippen LogP contribution in [0, 0.1) is 0 Å². The lowest BCUT2D eigenvalue weighted by Gasteiger charge is -2.35. The quantitative estimate of drug-likeness (QED) is 0.536. The fraction of sp³-hybridized carbons (Fsp3) is 0.269. The predicted octanol–water partition coefficient (Wildman–Crippen LogP) is 2.97. The first kappa shape index (κ1) is 25.5. The number of carbonyl (C=O) groups is 3. The first-order valence-corrected chi connectivity index (χ1v) is 11.0. The number of hydrogen-bond donors (Lipinski definition) is 2. The number of hydrogen-bond acceptors (Lipinski definition) is 6. The molecule has 1 aliphatic rings. The number of piperazine rings is 1. The van der Waals surface area contributed by atoms with E-state index in [1.807, 2.05) is 4.90 Å². The molecule has 3 aromatic rings. The van der Waals surface area contributed by atoms with Crippen molar-refractivity contribution >= 4 is 28.6 Å². The van der Waals surface area contributed by atoms with Crippen LogP contribution in [0.1, 0.15) is 15.9 Å². The Morgan fingerprint density at radius 2 is 1.40 bits per heavy atom. The summed E-state index contributed by atoms with van der Waals surface area (Å²) in [6.45, 7) is 4.09. The van der Waals surface area contributed by atoms with Crippen LogP contribution in [0.2, 0.25) is 0 Å². The topological polar surface area (TPSA) is 117 Å². The maximum Gasteiger partial charge on any atom is 0.414 e. The fourth-order valence-electron chi connectivity index (χ4n) is 3.86. The van der Waals surface area contributed by atoms with E-state index in [1.165, 1.54) is 16.3 Å². The normalized spacial score (nSPS) is 13.5. The van der Waals surface area contributed by atoms with E-state index < -0.39 is 11.9 Å². The summed E-state index contributed by atoms with van der Waals surface area (Å²) in [4.78, 5) is 35.4. The maximum absolute atomic E-state index is 12.9. The first-order chi connectivity index (χ1) is 16.8. The second-order valence-corrected chi connectivity index (χ2v) is 7.93. The van der Waals surface area contributed by atoms with Gasteiger partial charge in [0.1, 0.15) is 0 Å². The molecule has 2 N–H and O–H groups in total. The van der Waals surface area contributed by atoms with Crippen LogP contribution in [0.4, 0.5) is 0 Å². The fourth-order valence-corrected chi connectivity index (χ4v) is 3.86. The Morgan fingerprint density at radius 3 is 2.00 bits per heavy atom. The highest BCUT2D eigenvalue weighted by Crippen LogP contribution is 2.28. The zero-order chi connectivity index (χ0) is 25.4. The maximum atomic E-state index is 12.9. The summed E-state index contributed by atoms with van der Waals surface area (Å²) < 4.78 is 10.6. The van der Waals surface area contributed by atoms with E-state index in [4.69, 9.17) is 29.3 Å². The molecular formula is C26H28N2O7. The standard InChI is InChI=1S/C24H26N2O3.C2H2O4/c1-28-22-10-9-21(16-23(22)29-2)24(27)26-13-11-25(12-14-26)17-18-7-8-19-5-3-4-6-20(19)15-18;3-1(4)2(5)6/h3-10,15-16H,11-14,17H2,1-2H3;(H,3,4)(H,5,6). The molecule has 0 saturated carbocycles. The monoisotopic (exact) mass is 480 g/mol. The van der Waals surface area contributed by atoms with E-state index in [1.54, 1.807) is 32.4 Å². The first-order valence-electron chi connectivity index (χ1n) is 11.0. The lowest BCUT2D eigenvalue weighted by atomic mass is 10.1. The highest BCUT2D eigenvalue weighted by atomic mass is 16.5. The molecule has 0 aromatic heterocycles. The average Bonchev–Trinajstić information content (AvgIpc) is 2.88. The molecule has 4 rings (SSSR count). The van der Waals surface area contributed by atoms with Crippen molar-refractivity contribution in [2.75, 3.05) is 40.4 Å². The second-order valence-electron chi connectivity index (χ2n) is 7.93. The molecule has 0 bridgehead atoms. The van der Waals surface area contributed by atoms with Gasteiger partial charge in [0.25, 0.3) is 5.91 Å². The Bertz CT molecular complexity index is 1190. The van der Waals surface area contributed by atoms with Crippen LogP contribution in [0.5, 0.6) is 11.5 Å². The van der Waals surface area contributed by atoms with Gasteiger partial charge in [-0.1, -0.05) is 36.4 Å². The van der Waals surface area contributed by atoms with Crippen LogP contribution < -0.4 is 9.47 Å². The number of carboxylic acids is 2. The summed E-state index contributed by atoms with van der Waals surface area (Å²) in [5.74, 6) is -2.40. The van der Waals surface area contributed by atoms with Crippen molar-refractivity contribution in [1.82, 2.24) is 9.80 Å². The van der Waals surface area contributed by atoms with Gasteiger partial charge in [-0.15, -0.1) is 0 Å².